The minimum Gasteiger partial charge on any atom is -0.497 e. The van der Waals surface area contributed by atoms with Crippen molar-refractivity contribution < 1.29 is 9.53 Å². The molecule has 6 nitrogen and oxygen atoms in total. The zero-order chi connectivity index (χ0) is 24.8. The molecule has 35 heavy (non-hydrogen) atoms. The number of anilines is 1. The quantitative estimate of drug-likeness (QED) is 0.321. The predicted octanol–water partition coefficient (Wildman–Crippen LogP) is 6.12. The Bertz CT molecular complexity index is 1380. The molecule has 0 aliphatic carbocycles. The minimum atomic E-state index is -0.508. The molecule has 0 radical (unpaired) electrons. The fourth-order valence-electron chi connectivity index (χ4n) is 3.52. The Morgan fingerprint density at radius 2 is 1.80 bits per heavy atom. The summed E-state index contributed by atoms with van der Waals surface area (Å²) < 4.78 is 5.28. The molecule has 4 aromatic rings. The van der Waals surface area contributed by atoms with E-state index in [1.54, 1.807) is 20.2 Å². The van der Waals surface area contributed by atoms with E-state index in [4.69, 9.17) is 9.72 Å². The van der Waals surface area contributed by atoms with Crippen LogP contribution in [0.25, 0.3) is 22.4 Å². The van der Waals surface area contributed by atoms with Crippen LogP contribution in [0.1, 0.15) is 18.1 Å². The summed E-state index contributed by atoms with van der Waals surface area (Å²) in [6.45, 7) is 3.73. The molecule has 0 fully saturated rings. The lowest BCUT2D eigenvalue weighted by Crippen LogP contribution is -2.23. The SMILES string of the molecule is COc1ccc(-c2cc(-c3ccccc3)nc(SC(C)C(=O)Nc3cc(C)ccn3)c2C#N)cc1. The highest BCUT2D eigenvalue weighted by molar-refractivity contribution is 8.00. The largest absolute Gasteiger partial charge is 0.497 e. The van der Waals surface area contributed by atoms with Crippen molar-refractivity contribution in [2.24, 2.45) is 0 Å². The van der Waals surface area contributed by atoms with E-state index < -0.39 is 5.25 Å². The van der Waals surface area contributed by atoms with Crippen molar-refractivity contribution in [3.05, 3.63) is 90.1 Å². The van der Waals surface area contributed by atoms with E-state index >= 15 is 0 Å². The van der Waals surface area contributed by atoms with Crippen molar-refractivity contribution in [2.75, 3.05) is 12.4 Å². The number of aromatic nitrogens is 2. The van der Waals surface area contributed by atoms with Gasteiger partial charge < -0.3 is 10.1 Å². The fourth-order valence-corrected chi connectivity index (χ4v) is 4.45. The van der Waals surface area contributed by atoms with Crippen molar-refractivity contribution in [1.29, 1.82) is 5.26 Å². The van der Waals surface area contributed by atoms with Crippen molar-refractivity contribution in [3.8, 4) is 34.2 Å². The average Bonchev–Trinajstić information content (AvgIpc) is 2.88. The van der Waals surface area contributed by atoms with Gasteiger partial charge in [-0.2, -0.15) is 5.26 Å². The number of methoxy groups -OCH3 is 1. The standard InChI is InChI=1S/C28H24N4O2S/c1-18-13-14-30-26(15-18)32-27(33)19(2)35-28-24(17-29)23(20-9-11-22(34-3)12-10-20)16-25(31-28)21-7-5-4-6-8-21/h4-16,19H,1-3H3,(H,30,32,33). The van der Waals surface area contributed by atoms with E-state index in [-0.39, 0.29) is 5.91 Å². The Morgan fingerprint density at radius 1 is 1.06 bits per heavy atom. The molecule has 0 aliphatic heterocycles. The van der Waals surface area contributed by atoms with E-state index in [9.17, 15) is 10.1 Å². The number of nitriles is 1. The molecule has 1 N–H and O–H groups in total. The first-order chi connectivity index (χ1) is 17.0. The van der Waals surface area contributed by atoms with E-state index in [0.29, 0.717) is 16.4 Å². The molecule has 4 rings (SSSR count). The molecule has 0 saturated heterocycles. The zero-order valence-electron chi connectivity index (χ0n) is 19.6. The van der Waals surface area contributed by atoms with Crippen LogP contribution >= 0.6 is 11.8 Å². The summed E-state index contributed by atoms with van der Waals surface area (Å²) in [5.41, 5.74) is 4.70. The number of benzene rings is 2. The number of amides is 1. The topological polar surface area (TPSA) is 87.9 Å². The maximum absolute atomic E-state index is 12.9. The van der Waals surface area contributed by atoms with Gasteiger partial charge in [0, 0.05) is 17.3 Å². The van der Waals surface area contributed by atoms with E-state index in [0.717, 1.165) is 33.7 Å². The van der Waals surface area contributed by atoms with Crippen molar-refractivity contribution in [3.63, 3.8) is 0 Å². The van der Waals surface area contributed by atoms with Gasteiger partial charge in [0.05, 0.1) is 23.6 Å². The molecule has 0 saturated carbocycles. The monoisotopic (exact) mass is 480 g/mol. The predicted molar refractivity (Wildman–Crippen MR) is 139 cm³/mol. The Kier molecular flexibility index (Phi) is 7.44. The smallest absolute Gasteiger partial charge is 0.238 e. The number of rotatable bonds is 7. The summed E-state index contributed by atoms with van der Waals surface area (Å²) in [5, 5.41) is 12.9. The van der Waals surface area contributed by atoms with Gasteiger partial charge in [0.15, 0.2) is 0 Å². The zero-order valence-corrected chi connectivity index (χ0v) is 20.5. The van der Waals surface area contributed by atoms with Gasteiger partial charge in [-0.15, -0.1) is 0 Å². The number of nitrogens with zero attached hydrogens (tertiary/aromatic N) is 3. The number of aryl methyl sites for hydroxylation is 1. The normalized spacial score (nSPS) is 11.4. The second kappa shape index (κ2) is 10.9. The number of carbonyl (C=O) groups excluding carboxylic acids is 1. The molecular weight excluding hydrogens is 456 g/mol. The molecule has 2 heterocycles. The van der Waals surface area contributed by atoms with Gasteiger partial charge in [0.1, 0.15) is 22.7 Å². The molecule has 7 heteroatoms. The van der Waals surface area contributed by atoms with Crippen LogP contribution in [0.5, 0.6) is 5.75 Å². The van der Waals surface area contributed by atoms with E-state index in [2.05, 4.69) is 16.4 Å². The number of pyridine rings is 2. The average molecular weight is 481 g/mol. The summed E-state index contributed by atoms with van der Waals surface area (Å²) >= 11 is 1.25. The Morgan fingerprint density at radius 3 is 2.46 bits per heavy atom. The Balaban J connectivity index is 1.73. The van der Waals surface area contributed by atoms with Gasteiger partial charge in [-0.05, 0) is 55.3 Å². The third-order valence-electron chi connectivity index (χ3n) is 5.39. The molecule has 0 bridgehead atoms. The summed E-state index contributed by atoms with van der Waals surface area (Å²) in [7, 11) is 1.61. The van der Waals surface area contributed by atoms with Crippen LogP contribution in [0.4, 0.5) is 5.82 Å². The molecule has 2 aromatic carbocycles. The van der Waals surface area contributed by atoms with Crippen LogP contribution in [-0.2, 0) is 4.79 Å². The number of carbonyl (C=O) groups is 1. The molecular formula is C28H24N4O2S. The van der Waals surface area contributed by atoms with Gasteiger partial charge in [-0.25, -0.2) is 9.97 Å². The molecule has 0 spiro atoms. The number of thioether (sulfide) groups is 1. The molecule has 0 aliphatic rings. The third-order valence-corrected chi connectivity index (χ3v) is 6.48. The maximum Gasteiger partial charge on any atom is 0.238 e. The Labute approximate surface area is 209 Å². The van der Waals surface area contributed by atoms with Crippen LogP contribution in [0, 0.1) is 18.3 Å². The third kappa shape index (κ3) is 5.68. The number of nitrogens with one attached hydrogen (secondary N) is 1. The van der Waals surface area contributed by atoms with Gasteiger partial charge in [0.25, 0.3) is 0 Å². The lowest BCUT2D eigenvalue weighted by atomic mass is 9.99. The van der Waals surface area contributed by atoms with E-state index in [1.165, 1.54) is 11.8 Å². The fraction of sp³-hybridized carbons (Fsp3) is 0.143. The van der Waals surface area contributed by atoms with Crippen molar-refractivity contribution >= 4 is 23.5 Å². The molecule has 174 valence electrons. The second-order valence-electron chi connectivity index (χ2n) is 7.91. The van der Waals surface area contributed by atoms with Gasteiger partial charge in [-0.1, -0.05) is 54.2 Å². The Hall–Kier alpha value is -4.15. The summed E-state index contributed by atoms with van der Waals surface area (Å²) in [4.78, 5) is 21.9. The highest BCUT2D eigenvalue weighted by Crippen LogP contribution is 2.36. The van der Waals surface area contributed by atoms with Crippen LogP contribution in [-0.4, -0.2) is 28.2 Å². The highest BCUT2D eigenvalue weighted by atomic mass is 32.2. The van der Waals surface area contributed by atoms with E-state index in [1.807, 2.05) is 79.7 Å². The second-order valence-corrected chi connectivity index (χ2v) is 9.24. The highest BCUT2D eigenvalue weighted by Gasteiger charge is 2.22. The number of hydrogen-bond acceptors (Lipinski definition) is 6. The lowest BCUT2D eigenvalue weighted by molar-refractivity contribution is -0.115. The number of ether oxygens (including phenoxy) is 1. The van der Waals surface area contributed by atoms with Gasteiger partial charge in [0.2, 0.25) is 5.91 Å². The molecule has 1 unspecified atom stereocenters. The summed E-state index contributed by atoms with van der Waals surface area (Å²) in [5.74, 6) is 1.01. The first kappa shape index (κ1) is 24.0. The lowest BCUT2D eigenvalue weighted by Gasteiger charge is -2.16. The molecule has 2 aromatic heterocycles. The summed E-state index contributed by atoms with van der Waals surface area (Å²) in [6, 6.07) is 25.2. The maximum atomic E-state index is 12.9. The van der Waals surface area contributed by atoms with Gasteiger partial charge in [-0.3, -0.25) is 4.79 Å². The van der Waals surface area contributed by atoms with Crippen LogP contribution in [0.15, 0.2) is 84.0 Å². The number of hydrogen-bond donors (Lipinski definition) is 1. The molecule has 1 amide bonds. The van der Waals surface area contributed by atoms with Crippen LogP contribution in [0.2, 0.25) is 0 Å². The van der Waals surface area contributed by atoms with Crippen LogP contribution in [0.3, 0.4) is 0 Å². The first-order valence-electron chi connectivity index (χ1n) is 11.0. The van der Waals surface area contributed by atoms with Crippen LogP contribution < -0.4 is 10.1 Å². The minimum absolute atomic E-state index is 0.213. The summed E-state index contributed by atoms with van der Waals surface area (Å²) in [6.07, 6.45) is 1.66. The van der Waals surface area contributed by atoms with Gasteiger partial charge >= 0.3 is 0 Å². The first-order valence-corrected chi connectivity index (χ1v) is 11.9. The van der Waals surface area contributed by atoms with Crippen molar-refractivity contribution in [2.45, 2.75) is 24.1 Å². The molecule has 1 atom stereocenters. The van der Waals surface area contributed by atoms with Crippen molar-refractivity contribution in [1.82, 2.24) is 9.97 Å².